The molecule has 0 radical (unpaired) electrons. The van der Waals surface area contributed by atoms with Gasteiger partial charge in [0.05, 0.1) is 5.69 Å². The monoisotopic (exact) mass is 603 g/mol. The van der Waals surface area contributed by atoms with E-state index in [9.17, 15) is 0 Å². The molecule has 0 saturated heterocycles. The maximum absolute atomic E-state index is 2.43. The van der Waals surface area contributed by atoms with E-state index in [-0.39, 0.29) is 0 Å². The van der Waals surface area contributed by atoms with Gasteiger partial charge in [0, 0.05) is 37.1 Å². The summed E-state index contributed by atoms with van der Waals surface area (Å²) in [7, 11) is 0. The van der Waals surface area contributed by atoms with Gasteiger partial charge in [-0.15, -0.1) is 11.3 Å². The van der Waals surface area contributed by atoms with Crippen molar-refractivity contribution in [3.8, 4) is 22.3 Å². The smallest absolute Gasteiger partial charge is 0.0546 e. The van der Waals surface area contributed by atoms with Crippen molar-refractivity contribution in [3.05, 3.63) is 176 Å². The minimum Gasteiger partial charge on any atom is -0.310 e. The molecule has 0 aliphatic carbocycles. The zero-order chi connectivity index (χ0) is 30.5. The SMILES string of the molecule is c1ccc(-c2ccc(-c3cc4ccccc4c4ccccc34)cc2N(c2ccccc2)c2ccc3sc4ccccc4c3c2)cc1. The highest BCUT2D eigenvalue weighted by Crippen LogP contribution is 2.46. The van der Waals surface area contributed by atoms with Crippen molar-refractivity contribution in [2.45, 2.75) is 0 Å². The molecule has 0 aliphatic rings. The summed E-state index contributed by atoms with van der Waals surface area (Å²) in [6.07, 6.45) is 0. The van der Waals surface area contributed by atoms with Gasteiger partial charge < -0.3 is 4.90 Å². The number of hydrogen-bond donors (Lipinski definition) is 0. The lowest BCUT2D eigenvalue weighted by molar-refractivity contribution is 1.29. The average Bonchev–Trinajstić information content (AvgIpc) is 3.50. The molecule has 8 aromatic carbocycles. The Morgan fingerprint density at radius 2 is 1.00 bits per heavy atom. The molecule has 2 heteroatoms. The minimum absolute atomic E-state index is 1.12. The summed E-state index contributed by atoms with van der Waals surface area (Å²) in [5, 5.41) is 7.66. The largest absolute Gasteiger partial charge is 0.310 e. The number of thiophene rings is 1. The molecule has 0 atom stereocenters. The molecule has 0 saturated carbocycles. The number of nitrogens with zero attached hydrogens (tertiary/aromatic N) is 1. The van der Waals surface area contributed by atoms with E-state index in [0.717, 1.165) is 17.1 Å². The Balaban J connectivity index is 1.34. The second-order valence-corrected chi connectivity index (χ2v) is 12.8. The molecule has 46 heavy (non-hydrogen) atoms. The first-order chi connectivity index (χ1) is 22.8. The van der Waals surface area contributed by atoms with Crippen LogP contribution in [0, 0.1) is 0 Å². The highest BCUT2D eigenvalue weighted by Gasteiger charge is 2.20. The number of para-hydroxylation sites is 1. The summed E-state index contributed by atoms with van der Waals surface area (Å²) in [5.41, 5.74) is 8.22. The summed E-state index contributed by atoms with van der Waals surface area (Å²) < 4.78 is 2.62. The van der Waals surface area contributed by atoms with Gasteiger partial charge in [0.1, 0.15) is 0 Å². The fourth-order valence-electron chi connectivity index (χ4n) is 6.90. The zero-order valence-electron chi connectivity index (χ0n) is 25.1. The first-order valence-electron chi connectivity index (χ1n) is 15.7. The van der Waals surface area contributed by atoms with Crippen molar-refractivity contribution >= 4 is 70.1 Å². The fraction of sp³-hybridized carbons (Fsp3) is 0. The predicted molar refractivity (Wildman–Crippen MR) is 200 cm³/mol. The van der Waals surface area contributed by atoms with Crippen LogP contribution in [0.15, 0.2) is 176 Å². The molecule has 9 aromatic rings. The first kappa shape index (κ1) is 26.7. The third-order valence-corrected chi connectivity index (χ3v) is 10.2. The van der Waals surface area contributed by atoms with E-state index in [1.54, 1.807) is 0 Å². The summed E-state index contributed by atoms with van der Waals surface area (Å²) in [4.78, 5) is 2.43. The van der Waals surface area contributed by atoms with E-state index >= 15 is 0 Å². The van der Waals surface area contributed by atoms with Crippen LogP contribution < -0.4 is 4.90 Å². The minimum atomic E-state index is 1.12. The van der Waals surface area contributed by atoms with E-state index in [4.69, 9.17) is 0 Å². The Morgan fingerprint density at radius 1 is 0.348 bits per heavy atom. The van der Waals surface area contributed by atoms with E-state index in [1.807, 2.05) is 11.3 Å². The third-order valence-electron chi connectivity index (χ3n) is 9.04. The maximum Gasteiger partial charge on any atom is 0.0546 e. The number of benzene rings is 8. The second-order valence-electron chi connectivity index (χ2n) is 11.7. The van der Waals surface area contributed by atoms with Gasteiger partial charge in [0.15, 0.2) is 0 Å². The lowest BCUT2D eigenvalue weighted by Crippen LogP contribution is -2.11. The molecule has 1 aromatic heterocycles. The van der Waals surface area contributed by atoms with Gasteiger partial charge in [0.25, 0.3) is 0 Å². The molecule has 0 N–H and O–H groups in total. The molecule has 0 amide bonds. The van der Waals surface area contributed by atoms with Crippen molar-refractivity contribution in [2.24, 2.45) is 0 Å². The summed E-state index contributed by atoms with van der Waals surface area (Å²) in [5.74, 6) is 0. The molecule has 0 spiro atoms. The topological polar surface area (TPSA) is 3.24 Å². The van der Waals surface area contributed by atoms with Crippen molar-refractivity contribution in [3.63, 3.8) is 0 Å². The van der Waals surface area contributed by atoms with Crippen LogP contribution in [-0.2, 0) is 0 Å². The van der Waals surface area contributed by atoms with Gasteiger partial charge in [-0.3, -0.25) is 0 Å². The van der Waals surface area contributed by atoms with Gasteiger partial charge in [-0.2, -0.15) is 0 Å². The van der Waals surface area contributed by atoms with Crippen LogP contribution in [0.25, 0.3) is 64.0 Å². The quantitative estimate of drug-likeness (QED) is 0.177. The second kappa shape index (κ2) is 11.0. The van der Waals surface area contributed by atoms with E-state index in [0.29, 0.717) is 0 Å². The Bertz CT molecular complexity index is 2530. The van der Waals surface area contributed by atoms with Gasteiger partial charge in [-0.05, 0) is 86.8 Å². The first-order valence-corrected chi connectivity index (χ1v) is 16.5. The summed E-state index contributed by atoms with van der Waals surface area (Å²) in [6, 6.07) is 64.0. The lowest BCUT2D eigenvalue weighted by Gasteiger charge is -2.29. The van der Waals surface area contributed by atoms with Crippen molar-refractivity contribution < 1.29 is 0 Å². The van der Waals surface area contributed by atoms with Crippen molar-refractivity contribution in [1.29, 1.82) is 0 Å². The average molecular weight is 604 g/mol. The van der Waals surface area contributed by atoms with Gasteiger partial charge in [-0.25, -0.2) is 0 Å². The molecular formula is C44H29NS. The van der Waals surface area contributed by atoms with Crippen molar-refractivity contribution in [2.75, 3.05) is 4.90 Å². The highest BCUT2D eigenvalue weighted by atomic mass is 32.1. The predicted octanol–water partition coefficient (Wildman–Crippen LogP) is 13.2. The number of anilines is 3. The van der Waals surface area contributed by atoms with Gasteiger partial charge in [0.2, 0.25) is 0 Å². The molecule has 0 unspecified atom stereocenters. The highest BCUT2D eigenvalue weighted by molar-refractivity contribution is 7.25. The Morgan fingerprint density at radius 3 is 1.83 bits per heavy atom. The van der Waals surface area contributed by atoms with E-state index in [2.05, 4.69) is 181 Å². The standard InChI is InChI=1S/C44H29NS/c1-3-13-30(14-4-1)36-25-23-32(40-27-31-15-7-8-18-35(31)37-19-9-10-20-38(37)40)28-42(36)45(33-16-5-2-6-17-33)34-24-26-44-41(29-34)39-21-11-12-22-43(39)46-44/h1-29H. The molecule has 0 aliphatic heterocycles. The molecule has 0 fully saturated rings. The van der Waals surface area contributed by atoms with Crippen LogP contribution in [0.5, 0.6) is 0 Å². The number of hydrogen-bond acceptors (Lipinski definition) is 2. The maximum atomic E-state index is 2.43. The fourth-order valence-corrected chi connectivity index (χ4v) is 7.98. The molecule has 9 rings (SSSR count). The normalized spacial score (nSPS) is 11.5. The van der Waals surface area contributed by atoms with E-state index < -0.39 is 0 Å². The van der Waals surface area contributed by atoms with Gasteiger partial charge in [-0.1, -0.05) is 127 Å². The van der Waals surface area contributed by atoms with Crippen LogP contribution in [0.3, 0.4) is 0 Å². The van der Waals surface area contributed by atoms with Crippen LogP contribution in [0.4, 0.5) is 17.1 Å². The zero-order valence-corrected chi connectivity index (χ0v) is 25.9. The Hall–Kier alpha value is -5.70. The molecular weight excluding hydrogens is 575 g/mol. The van der Waals surface area contributed by atoms with E-state index in [1.165, 1.54) is 64.0 Å². The molecule has 1 nitrogen and oxygen atoms in total. The number of rotatable bonds is 5. The third kappa shape index (κ3) is 4.46. The van der Waals surface area contributed by atoms with Crippen LogP contribution >= 0.6 is 11.3 Å². The van der Waals surface area contributed by atoms with Gasteiger partial charge >= 0.3 is 0 Å². The Labute approximate surface area is 272 Å². The summed E-state index contributed by atoms with van der Waals surface area (Å²) in [6.45, 7) is 0. The van der Waals surface area contributed by atoms with Crippen molar-refractivity contribution in [1.82, 2.24) is 0 Å². The Kier molecular flexibility index (Phi) is 6.40. The number of fused-ring (bicyclic) bond motifs is 6. The molecule has 0 bridgehead atoms. The van der Waals surface area contributed by atoms with Crippen LogP contribution in [-0.4, -0.2) is 0 Å². The molecule has 1 heterocycles. The lowest BCUT2D eigenvalue weighted by atomic mass is 9.91. The molecule has 216 valence electrons. The van der Waals surface area contributed by atoms with Crippen LogP contribution in [0.1, 0.15) is 0 Å². The van der Waals surface area contributed by atoms with Crippen LogP contribution in [0.2, 0.25) is 0 Å². The summed E-state index contributed by atoms with van der Waals surface area (Å²) >= 11 is 1.86.